The van der Waals surface area contributed by atoms with Crippen LogP contribution in [0.2, 0.25) is 0 Å². The number of ether oxygens (including phenoxy) is 1. The molecule has 100 valence electrons. The first-order chi connectivity index (χ1) is 8.59. The predicted octanol–water partition coefficient (Wildman–Crippen LogP) is 2.50. The lowest BCUT2D eigenvalue weighted by Gasteiger charge is -2.08. The number of hydrogen-bond donors (Lipinski definition) is 1. The number of non-ortho nitro benzene ring substituents is 1. The maximum absolute atomic E-state index is 10.6. The van der Waals surface area contributed by atoms with Crippen LogP contribution in [-0.4, -0.2) is 24.1 Å². The molecular formula is C13H20N2O3. The molecule has 0 aliphatic carbocycles. The Morgan fingerprint density at radius 3 is 2.89 bits per heavy atom. The van der Waals surface area contributed by atoms with Crippen molar-refractivity contribution in [1.82, 2.24) is 5.32 Å². The summed E-state index contributed by atoms with van der Waals surface area (Å²) in [5.41, 5.74) is 0.943. The summed E-state index contributed by atoms with van der Waals surface area (Å²) in [5, 5.41) is 13.9. The minimum atomic E-state index is -0.393. The van der Waals surface area contributed by atoms with Crippen LogP contribution in [0.5, 0.6) is 0 Å². The Bertz CT molecular complexity index is 380. The minimum Gasteiger partial charge on any atom is -0.377 e. The van der Waals surface area contributed by atoms with Gasteiger partial charge in [-0.05, 0) is 18.5 Å². The van der Waals surface area contributed by atoms with Crippen LogP contribution in [0.4, 0.5) is 5.69 Å². The van der Waals surface area contributed by atoms with E-state index in [0.29, 0.717) is 19.3 Å². The summed E-state index contributed by atoms with van der Waals surface area (Å²) in [4.78, 5) is 10.2. The highest BCUT2D eigenvalue weighted by molar-refractivity contribution is 5.33. The first kappa shape index (κ1) is 14.6. The van der Waals surface area contributed by atoms with Crippen molar-refractivity contribution in [3.63, 3.8) is 0 Å². The van der Waals surface area contributed by atoms with Gasteiger partial charge >= 0.3 is 0 Å². The van der Waals surface area contributed by atoms with Crippen LogP contribution >= 0.6 is 0 Å². The van der Waals surface area contributed by atoms with E-state index in [2.05, 4.69) is 19.2 Å². The van der Waals surface area contributed by atoms with Gasteiger partial charge in [-0.3, -0.25) is 10.1 Å². The number of nitro groups is 1. The van der Waals surface area contributed by atoms with E-state index in [1.54, 1.807) is 12.1 Å². The molecule has 5 heteroatoms. The van der Waals surface area contributed by atoms with Gasteiger partial charge in [0, 0.05) is 24.8 Å². The zero-order valence-electron chi connectivity index (χ0n) is 10.9. The maximum atomic E-state index is 10.6. The number of hydrogen-bond acceptors (Lipinski definition) is 4. The van der Waals surface area contributed by atoms with E-state index < -0.39 is 4.92 Å². The molecule has 0 radical (unpaired) electrons. The van der Waals surface area contributed by atoms with Crippen LogP contribution in [0.15, 0.2) is 24.3 Å². The third-order valence-electron chi connectivity index (χ3n) is 2.41. The molecule has 0 amide bonds. The van der Waals surface area contributed by atoms with Crippen molar-refractivity contribution in [2.75, 3.05) is 13.2 Å². The standard InChI is InChI=1S/C13H20N2O3/c1-11(2)14-7-4-8-18-10-12-5-3-6-13(9-12)15(16)17/h3,5-6,9,11,14H,4,7-8,10H2,1-2H3. The zero-order chi connectivity index (χ0) is 13.4. The fourth-order valence-corrected chi connectivity index (χ4v) is 1.51. The second kappa shape index (κ2) is 7.79. The Kier molecular flexibility index (Phi) is 6.32. The SMILES string of the molecule is CC(C)NCCCOCc1cccc([N+](=O)[O-])c1. The molecule has 1 rings (SSSR count). The quantitative estimate of drug-likeness (QED) is 0.438. The van der Waals surface area contributed by atoms with Crippen molar-refractivity contribution in [3.05, 3.63) is 39.9 Å². The molecule has 0 spiro atoms. The van der Waals surface area contributed by atoms with Crippen molar-refractivity contribution in [2.24, 2.45) is 0 Å². The minimum absolute atomic E-state index is 0.109. The smallest absolute Gasteiger partial charge is 0.269 e. The van der Waals surface area contributed by atoms with Gasteiger partial charge in [0.2, 0.25) is 0 Å². The highest BCUT2D eigenvalue weighted by Crippen LogP contribution is 2.13. The summed E-state index contributed by atoms with van der Waals surface area (Å²) in [7, 11) is 0. The average molecular weight is 252 g/mol. The largest absolute Gasteiger partial charge is 0.377 e. The molecular weight excluding hydrogens is 232 g/mol. The van der Waals surface area contributed by atoms with Crippen LogP contribution < -0.4 is 5.32 Å². The third-order valence-corrected chi connectivity index (χ3v) is 2.41. The van der Waals surface area contributed by atoms with Crippen LogP contribution in [-0.2, 0) is 11.3 Å². The summed E-state index contributed by atoms with van der Waals surface area (Å²) in [6.45, 7) is 6.20. The summed E-state index contributed by atoms with van der Waals surface area (Å²) >= 11 is 0. The first-order valence-electron chi connectivity index (χ1n) is 6.14. The monoisotopic (exact) mass is 252 g/mol. The van der Waals surface area contributed by atoms with Gasteiger partial charge in [-0.1, -0.05) is 26.0 Å². The lowest BCUT2D eigenvalue weighted by molar-refractivity contribution is -0.384. The molecule has 1 aromatic rings. The predicted molar refractivity (Wildman–Crippen MR) is 70.5 cm³/mol. The topological polar surface area (TPSA) is 64.4 Å². The normalized spacial score (nSPS) is 10.8. The molecule has 0 heterocycles. The van der Waals surface area contributed by atoms with Gasteiger partial charge < -0.3 is 10.1 Å². The van der Waals surface area contributed by atoms with E-state index >= 15 is 0 Å². The van der Waals surface area contributed by atoms with Gasteiger partial charge in [-0.25, -0.2) is 0 Å². The van der Waals surface area contributed by atoms with Crippen LogP contribution in [0, 0.1) is 10.1 Å². The van der Waals surface area contributed by atoms with E-state index in [4.69, 9.17) is 4.74 Å². The van der Waals surface area contributed by atoms with Crippen molar-refractivity contribution >= 4 is 5.69 Å². The number of nitrogens with zero attached hydrogens (tertiary/aromatic N) is 1. The molecule has 1 aromatic carbocycles. The highest BCUT2D eigenvalue weighted by atomic mass is 16.6. The van der Waals surface area contributed by atoms with Gasteiger partial charge in [-0.15, -0.1) is 0 Å². The molecule has 0 aromatic heterocycles. The van der Waals surface area contributed by atoms with E-state index in [1.165, 1.54) is 6.07 Å². The molecule has 0 fully saturated rings. The lowest BCUT2D eigenvalue weighted by atomic mass is 10.2. The summed E-state index contributed by atoms with van der Waals surface area (Å²) in [6, 6.07) is 7.03. The molecule has 0 saturated heterocycles. The van der Waals surface area contributed by atoms with E-state index in [-0.39, 0.29) is 5.69 Å². The summed E-state index contributed by atoms with van der Waals surface area (Å²) in [6.07, 6.45) is 0.938. The highest BCUT2D eigenvalue weighted by Gasteiger charge is 2.05. The molecule has 0 saturated carbocycles. The fourth-order valence-electron chi connectivity index (χ4n) is 1.51. The molecule has 0 unspecified atom stereocenters. The molecule has 18 heavy (non-hydrogen) atoms. The van der Waals surface area contributed by atoms with Crippen molar-refractivity contribution in [3.8, 4) is 0 Å². The van der Waals surface area contributed by atoms with E-state index in [9.17, 15) is 10.1 Å². The molecule has 0 aliphatic rings. The van der Waals surface area contributed by atoms with Crippen molar-refractivity contribution < 1.29 is 9.66 Å². The molecule has 0 atom stereocenters. The van der Waals surface area contributed by atoms with Gasteiger partial charge in [-0.2, -0.15) is 0 Å². The van der Waals surface area contributed by atoms with Crippen molar-refractivity contribution in [2.45, 2.75) is 32.9 Å². The third kappa shape index (κ3) is 5.75. The van der Waals surface area contributed by atoms with Gasteiger partial charge in [0.05, 0.1) is 11.5 Å². The Morgan fingerprint density at radius 2 is 2.22 bits per heavy atom. The molecule has 5 nitrogen and oxygen atoms in total. The van der Waals surface area contributed by atoms with E-state index in [0.717, 1.165) is 18.5 Å². The van der Waals surface area contributed by atoms with Gasteiger partial charge in [0.25, 0.3) is 5.69 Å². The van der Waals surface area contributed by atoms with Gasteiger partial charge in [0.15, 0.2) is 0 Å². The first-order valence-corrected chi connectivity index (χ1v) is 6.14. The number of nitro benzene ring substituents is 1. The summed E-state index contributed by atoms with van der Waals surface area (Å²) in [5.74, 6) is 0. The molecule has 0 bridgehead atoms. The zero-order valence-corrected chi connectivity index (χ0v) is 10.9. The second-order valence-corrected chi connectivity index (χ2v) is 4.44. The van der Waals surface area contributed by atoms with Crippen molar-refractivity contribution in [1.29, 1.82) is 0 Å². The van der Waals surface area contributed by atoms with Crippen LogP contribution in [0.3, 0.4) is 0 Å². The van der Waals surface area contributed by atoms with Crippen LogP contribution in [0.1, 0.15) is 25.8 Å². The lowest BCUT2D eigenvalue weighted by Crippen LogP contribution is -2.24. The Hall–Kier alpha value is -1.46. The van der Waals surface area contributed by atoms with Crippen LogP contribution in [0.25, 0.3) is 0 Å². The summed E-state index contributed by atoms with van der Waals surface area (Å²) < 4.78 is 5.47. The Balaban J connectivity index is 2.23. The fraction of sp³-hybridized carbons (Fsp3) is 0.538. The molecule has 0 aliphatic heterocycles. The Labute approximate surface area is 107 Å². The van der Waals surface area contributed by atoms with E-state index in [1.807, 2.05) is 6.07 Å². The molecule has 1 N–H and O–H groups in total. The Morgan fingerprint density at radius 1 is 1.44 bits per heavy atom. The maximum Gasteiger partial charge on any atom is 0.269 e. The number of rotatable bonds is 8. The van der Waals surface area contributed by atoms with Gasteiger partial charge in [0.1, 0.15) is 0 Å². The number of nitrogens with one attached hydrogen (secondary N) is 1. The number of benzene rings is 1. The average Bonchev–Trinajstić information content (AvgIpc) is 2.33. The second-order valence-electron chi connectivity index (χ2n) is 4.44.